The Labute approximate surface area is 204 Å². The monoisotopic (exact) mass is 526 g/mol. The standard InChI is InChI=1S/C23H18ClF3N2O5S/c24-19-8-7-16(13-18(19)23(25,26)27)29(35(31,32)17-4-2-1-3-5-17)14-22(30)28-15-6-9-20-21(12-15)34-11-10-33-20/h1-9,12-13H,10-11,14H2,(H,28,30). The maximum Gasteiger partial charge on any atom is 0.417 e. The van der Waals surface area contributed by atoms with Gasteiger partial charge in [-0.05, 0) is 42.5 Å². The molecule has 12 heteroatoms. The Kier molecular flexibility index (Phi) is 6.82. The van der Waals surface area contributed by atoms with Crippen LogP contribution in [0.5, 0.6) is 11.5 Å². The van der Waals surface area contributed by atoms with Crippen LogP contribution in [-0.4, -0.2) is 34.1 Å². The number of carbonyl (C=O) groups excluding carboxylic acids is 1. The van der Waals surface area contributed by atoms with Crippen molar-refractivity contribution in [2.75, 3.05) is 29.4 Å². The second-order valence-electron chi connectivity index (χ2n) is 7.39. The van der Waals surface area contributed by atoms with Crippen LogP contribution in [0.2, 0.25) is 5.02 Å². The maximum atomic E-state index is 13.4. The Morgan fingerprint density at radius 1 is 0.971 bits per heavy atom. The lowest BCUT2D eigenvalue weighted by Gasteiger charge is -2.25. The molecule has 3 aromatic rings. The quantitative estimate of drug-likeness (QED) is 0.490. The van der Waals surface area contributed by atoms with E-state index in [2.05, 4.69) is 5.32 Å². The predicted octanol–water partition coefficient (Wildman–Crippen LogP) is 4.96. The van der Waals surface area contributed by atoms with Crippen molar-refractivity contribution in [3.05, 3.63) is 77.3 Å². The van der Waals surface area contributed by atoms with Crippen LogP contribution >= 0.6 is 11.6 Å². The zero-order valence-electron chi connectivity index (χ0n) is 17.9. The molecule has 3 aromatic carbocycles. The molecule has 0 atom stereocenters. The molecule has 1 amide bonds. The van der Waals surface area contributed by atoms with E-state index in [1.54, 1.807) is 12.1 Å². The number of benzene rings is 3. The minimum Gasteiger partial charge on any atom is -0.486 e. The molecule has 0 bridgehead atoms. The molecule has 4 rings (SSSR count). The third-order valence-electron chi connectivity index (χ3n) is 4.99. The number of nitrogens with zero attached hydrogens (tertiary/aromatic N) is 1. The maximum absolute atomic E-state index is 13.4. The summed E-state index contributed by atoms with van der Waals surface area (Å²) in [5, 5.41) is 1.95. The molecule has 1 aliphatic rings. The molecule has 0 saturated heterocycles. The van der Waals surface area contributed by atoms with Gasteiger partial charge in [0.2, 0.25) is 5.91 Å². The van der Waals surface area contributed by atoms with Crippen LogP contribution in [0.3, 0.4) is 0 Å². The molecule has 0 fully saturated rings. The third-order valence-corrected chi connectivity index (χ3v) is 7.11. The largest absolute Gasteiger partial charge is 0.486 e. The highest BCUT2D eigenvalue weighted by Gasteiger charge is 2.35. The number of carbonyl (C=O) groups is 1. The number of halogens is 4. The summed E-state index contributed by atoms with van der Waals surface area (Å²) in [5.74, 6) is 0.100. The van der Waals surface area contributed by atoms with Gasteiger partial charge in [-0.2, -0.15) is 13.2 Å². The fourth-order valence-electron chi connectivity index (χ4n) is 3.37. The average molecular weight is 527 g/mol. The number of fused-ring (bicyclic) bond motifs is 1. The Hall–Kier alpha value is -3.44. The van der Waals surface area contributed by atoms with Gasteiger partial charge in [-0.15, -0.1) is 0 Å². The van der Waals surface area contributed by atoms with E-state index < -0.39 is 39.2 Å². The van der Waals surface area contributed by atoms with Crippen LogP contribution in [0.25, 0.3) is 0 Å². The molecule has 1 N–H and O–H groups in total. The minimum absolute atomic E-state index is 0.198. The Morgan fingerprint density at radius 3 is 2.34 bits per heavy atom. The number of ether oxygens (including phenoxy) is 2. The molecular weight excluding hydrogens is 509 g/mol. The molecular formula is C23H18ClF3N2O5S. The third kappa shape index (κ3) is 5.46. The van der Waals surface area contributed by atoms with Gasteiger partial charge in [0, 0.05) is 11.8 Å². The molecule has 0 aliphatic carbocycles. The molecule has 7 nitrogen and oxygen atoms in total. The van der Waals surface area contributed by atoms with Gasteiger partial charge in [-0.3, -0.25) is 9.10 Å². The molecule has 0 aromatic heterocycles. The first kappa shape index (κ1) is 24.7. The highest BCUT2D eigenvalue weighted by Crippen LogP contribution is 2.38. The van der Waals surface area contributed by atoms with Crippen LogP contribution in [0.4, 0.5) is 24.5 Å². The summed E-state index contributed by atoms with van der Waals surface area (Å²) in [4.78, 5) is 12.7. The van der Waals surface area contributed by atoms with Gasteiger partial charge in [0.1, 0.15) is 19.8 Å². The van der Waals surface area contributed by atoms with Crippen molar-refractivity contribution in [1.29, 1.82) is 0 Å². The topological polar surface area (TPSA) is 84.9 Å². The van der Waals surface area contributed by atoms with E-state index in [9.17, 15) is 26.4 Å². The summed E-state index contributed by atoms with van der Waals surface area (Å²) >= 11 is 5.70. The smallest absolute Gasteiger partial charge is 0.417 e. The molecule has 0 spiro atoms. The summed E-state index contributed by atoms with van der Waals surface area (Å²) in [7, 11) is -4.41. The van der Waals surface area contributed by atoms with Crippen LogP contribution in [0.1, 0.15) is 5.56 Å². The van der Waals surface area contributed by atoms with Crippen molar-refractivity contribution in [2.24, 2.45) is 0 Å². The van der Waals surface area contributed by atoms with E-state index >= 15 is 0 Å². The van der Waals surface area contributed by atoms with Crippen molar-refractivity contribution in [3.8, 4) is 11.5 Å². The predicted molar refractivity (Wildman–Crippen MR) is 123 cm³/mol. The normalized spacial score (nSPS) is 13.3. The Morgan fingerprint density at radius 2 is 1.66 bits per heavy atom. The van der Waals surface area contributed by atoms with Gasteiger partial charge < -0.3 is 14.8 Å². The second kappa shape index (κ2) is 9.67. The molecule has 0 unspecified atom stereocenters. The van der Waals surface area contributed by atoms with Gasteiger partial charge in [-0.1, -0.05) is 29.8 Å². The molecule has 0 radical (unpaired) electrons. The lowest BCUT2D eigenvalue weighted by atomic mass is 10.2. The van der Waals surface area contributed by atoms with E-state index in [1.807, 2.05) is 0 Å². The van der Waals surface area contributed by atoms with E-state index in [-0.39, 0.29) is 10.6 Å². The summed E-state index contributed by atoms with van der Waals surface area (Å²) in [6.07, 6.45) is -4.83. The molecule has 184 valence electrons. The number of hydrogen-bond acceptors (Lipinski definition) is 5. The number of hydrogen-bond donors (Lipinski definition) is 1. The van der Waals surface area contributed by atoms with Gasteiger partial charge in [0.15, 0.2) is 11.5 Å². The first-order valence-electron chi connectivity index (χ1n) is 10.2. The van der Waals surface area contributed by atoms with Gasteiger partial charge >= 0.3 is 6.18 Å². The first-order valence-corrected chi connectivity index (χ1v) is 12.0. The molecule has 0 saturated carbocycles. The van der Waals surface area contributed by atoms with Gasteiger partial charge in [0.05, 0.1) is 21.2 Å². The van der Waals surface area contributed by atoms with Crippen molar-refractivity contribution in [2.45, 2.75) is 11.1 Å². The fraction of sp³-hybridized carbons (Fsp3) is 0.174. The second-order valence-corrected chi connectivity index (χ2v) is 9.66. The summed E-state index contributed by atoms with van der Waals surface area (Å²) in [6.45, 7) is -0.0950. The fourth-order valence-corrected chi connectivity index (χ4v) is 5.03. The highest BCUT2D eigenvalue weighted by atomic mass is 35.5. The summed E-state index contributed by atoms with van der Waals surface area (Å²) < 4.78 is 78.5. The van der Waals surface area contributed by atoms with Crippen LogP contribution in [0, 0.1) is 0 Å². The number of nitrogens with one attached hydrogen (secondary N) is 1. The van der Waals surface area contributed by atoms with Crippen LogP contribution < -0.4 is 19.1 Å². The first-order chi connectivity index (χ1) is 16.6. The van der Waals surface area contributed by atoms with Crippen LogP contribution in [0.15, 0.2) is 71.6 Å². The van der Waals surface area contributed by atoms with Gasteiger partial charge in [0.25, 0.3) is 10.0 Å². The zero-order chi connectivity index (χ0) is 25.2. The number of amides is 1. The molecule has 35 heavy (non-hydrogen) atoms. The molecule has 1 aliphatic heterocycles. The van der Waals surface area contributed by atoms with Gasteiger partial charge in [-0.25, -0.2) is 8.42 Å². The Bertz CT molecular complexity index is 1350. The number of rotatable bonds is 6. The number of alkyl halides is 3. The minimum atomic E-state index is -4.83. The van der Waals surface area contributed by atoms with Crippen LogP contribution in [-0.2, 0) is 21.0 Å². The summed E-state index contributed by atoms with van der Waals surface area (Å²) in [5.41, 5.74) is -1.30. The lowest BCUT2D eigenvalue weighted by molar-refractivity contribution is -0.137. The van der Waals surface area contributed by atoms with E-state index in [0.717, 1.165) is 12.1 Å². The van der Waals surface area contributed by atoms with Crippen molar-refractivity contribution in [1.82, 2.24) is 0 Å². The summed E-state index contributed by atoms with van der Waals surface area (Å²) in [6, 6.07) is 14.3. The van der Waals surface area contributed by atoms with E-state index in [0.29, 0.717) is 40.8 Å². The van der Waals surface area contributed by atoms with Crippen molar-refractivity contribution in [3.63, 3.8) is 0 Å². The lowest BCUT2D eigenvalue weighted by Crippen LogP contribution is -2.38. The zero-order valence-corrected chi connectivity index (χ0v) is 19.5. The average Bonchev–Trinajstić information content (AvgIpc) is 2.83. The van der Waals surface area contributed by atoms with E-state index in [1.165, 1.54) is 36.4 Å². The number of sulfonamides is 1. The molecule has 1 heterocycles. The van der Waals surface area contributed by atoms with Crippen molar-refractivity contribution >= 4 is 38.9 Å². The highest BCUT2D eigenvalue weighted by molar-refractivity contribution is 7.92. The van der Waals surface area contributed by atoms with E-state index in [4.69, 9.17) is 21.1 Å². The van der Waals surface area contributed by atoms with Crippen molar-refractivity contribution < 1.29 is 35.9 Å². The SMILES string of the molecule is O=C(CN(c1ccc(Cl)c(C(F)(F)F)c1)S(=O)(=O)c1ccccc1)Nc1ccc2c(c1)OCCO2. The Balaban J connectivity index is 1.68. The number of anilines is 2.